The number of benzene rings is 1. The lowest BCUT2D eigenvalue weighted by Crippen LogP contribution is -2.45. The highest BCUT2D eigenvalue weighted by molar-refractivity contribution is 5.97. The van der Waals surface area contributed by atoms with Gasteiger partial charge in [-0.2, -0.15) is 0 Å². The standard InChI is InChI=1S/C21H22FN5O5/c1-11-25-26-19(32-11)18(30)24-21(2,3)15-9-14(16(28)20(31)27(15)4)17(29)23-10-12-5-7-13(22)8-6-12/h5-9,28H,10H2,1-4H3,(H,23,29)(H,24,30). The van der Waals surface area contributed by atoms with Gasteiger partial charge in [-0.05, 0) is 37.6 Å². The van der Waals surface area contributed by atoms with Crippen LogP contribution < -0.4 is 16.2 Å². The Hall–Kier alpha value is -4.02. The van der Waals surface area contributed by atoms with Gasteiger partial charge < -0.3 is 24.7 Å². The Kier molecular flexibility index (Phi) is 6.10. The second kappa shape index (κ2) is 8.61. The van der Waals surface area contributed by atoms with Crippen LogP contribution in [0.5, 0.6) is 5.75 Å². The van der Waals surface area contributed by atoms with Gasteiger partial charge in [-0.3, -0.25) is 14.4 Å². The average molecular weight is 443 g/mol. The average Bonchev–Trinajstić information content (AvgIpc) is 3.17. The zero-order valence-corrected chi connectivity index (χ0v) is 17.9. The molecule has 0 saturated heterocycles. The van der Waals surface area contributed by atoms with Crippen LogP contribution in [0, 0.1) is 12.7 Å². The molecule has 1 aromatic carbocycles. The molecule has 3 aromatic rings. The summed E-state index contributed by atoms with van der Waals surface area (Å²) in [5.74, 6) is -2.56. The molecule has 0 fully saturated rings. The minimum atomic E-state index is -1.16. The van der Waals surface area contributed by atoms with E-state index in [2.05, 4.69) is 20.8 Å². The van der Waals surface area contributed by atoms with Gasteiger partial charge >= 0.3 is 11.8 Å². The maximum Gasteiger partial charge on any atom is 0.309 e. The third-order valence-electron chi connectivity index (χ3n) is 4.80. The smallest absolute Gasteiger partial charge is 0.309 e. The lowest BCUT2D eigenvalue weighted by molar-refractivity contribution is 0.0871. The Labute approximate surface area is 182 Å². The summed E-state index contributed by atoms with van der Waals surface area (Å²) < 4.78 is 19.3. The molecule has 0 unspecified atom stereocenters. The summed E-state index contributed by atoms with van der Waals surface area (Å²) in [4.78, 5) is 37.7. The van der Waals surface area contributed by atoms with Crippen LogP contribution in [-0.2, 0) is 19.1 Å². The van der Waals surface area contributed by atoms with E-state index in [1.54, 1.807) is 13.8 Å². The van der Waals surface area contributed by atoms with Gasteiger partial charge in [0.1, 0.15) is 5.82 Å². The number of halogens is 1. The van der Waals surface area contributed by atoms with Crippen LogP contribution in [0.25, 0.3) is 0 Å². The van der Waals surface area contributed by atoms with E-state index in [0.717, 1.165) is 4.57 Å². The number of hydrogen-bond acceptors (Lipinski definition) is 7. The molecule has 2 heterocycles. The summed E-state index contributed by atoms with van der Waals surface area (Å²) in [5.41, 5.74) is -1.36. The molecule has 2 amide bonds. The van der Waals surface area contributed by atoms with Crippen LogP contribution in [0.4, 0.5) is 4.39 Å². The molecule has 10 nitrogen and oxygen atoms in total. The molecule has 0 radical (unpaired) electrons. The molecule has 0 aliphatic rings. The lowest BCUT2D eigenvalue weighted by Gasteiger charge is -2.28. The van der Waals surface area contributed by atoms with Crippen LogP contribution in [0.2, 0.25) is 0 Å². The van der Waals surface area contributed by atoms with Crippen molar-refractivity contribution in [2.75, 3.05) is 0 Å². The van der Waals surface area contributed by atoms with Crippen molar-refractivity contribution < 1.29 is 23.5 Å². The maximum atomic E-state index is 13.0. The largest absolute Gasteiger partial charge is 0.502 e. The van der Waals surface area contributed by atoms with E-state index in [0.29, 0.717) is 5.56 Å². The molecule has 3 N–H and O–H groups in total. The maximum absolute atomic E-state index is 13.0. The van der Waals surface area contributed by atoms with E-state index < -0.39 is 34.5 Å². The molecule has 11 heteroatoms. The Morgan fingerprint density at radius 2 is 1.84 bits per heavy atom. The van der Waals surface area contributed by atoms with E-state index in [9.17, 15) is 23.9 Å². The second-order valence-electron chi connectivity index (χ2n) is 7.67. The summed E-state index contributed by atoms with van der Waals surface area (Å²) >= 11 is 0. The van der Waals surface area contributed by atoms with E-state index in [1.165, 1.54) is 44.3 Å². The van der Waals surface area contributed by atoms with Gasteiger partial charge in [0.25, 0.3) is 11.5 Å². The predicted molar refractivity (Wildman–Crippen MR) is 110 cm³/mol. The number of aromatic nitrogens is 3. The highest BCUT2D eigenvalue weighted by Crippen LogP contribution is 2.23. The quantitative estimate of drug-likeness (QED) is 0.525. The van der Waals surface area contributed by atoms with Crippen molar-refractivity contribution in [2.45, 2.75) is 32.9 Å². The molecule has 0 aliphatic carbocycles. The van der Waals surface area contributed by atoms with Crippen molar-refractivity contribution in [1.29, 1.82) is 0 Å². The Bertz CT molecular complexity index is 1230. The first kappa shape index (κ1) is 22.7. The Morgan fingerprint density at radius 1 is 1.19 bits per heavy atom. The van der Waals surface area contributed by atoms with Crippen LogP contribution >= 0.6 is 0 Å². The zero-order chi connectivity index (χ0) is 23.6. The molecule has 0 spiro atoms. The highest BCUT2D eigenvalue weighted by Gasteiger charge is 2.31. The van der Waals surface area contributed by atoms with Crippen molar-refractivity contribution in [3.05, 3.63) is 75.1 Å². The number of amides is 2. The zero-order valence-electron chi connectivity index (χ0n) is 17.9. The second-order valence-corrected chi connectivity index (χ2v) is 7.67. The number of nitrogens with zero attached hydrogens (tertiary/aromatic N) is 3. The molecule has 168 valence electrons. The molecule has 0 bridgehead atoms. The summed E-state index contributed by atoms with van der Waals surface area (Å²) in [5, 5.41) is 22.8. The molecular weight excluding hydrogens is 421 g/mol. The molecule has 0 aliphatic heterocycles. The first-order chi connectivity index (χ1) is 15.0. The fourth-order valence-corrected chi connectivity index (χ4v) is 3.13. The Balaban J connectivity index is 1.88. The van der Waals surface area contributed by atoms with E-state index >= 15 is 0 Å². The molecule has 0 saturated carbocycles. The number of carbonyl (C=O) groups is 2. The van der Waals surface area contributed by atoms with E-state index in [4.69, 9.17) is 4.42 Å². The predicted octanol–water partition coefficient (Wildman–Crippen LogP) is 1.52. The minimum absolute atomic E-state index is 0.0553. The topological polar surface area (TPSA) is 139 Å². The summed E-state index contributed by atoms with van der Waals surface area (Å²) in [6.45, 7) is 4.81. The van der Waals surface area contributed by atoms with Gasteiger partial charge in [-0.15, -0.1) is 10.2 Å². The monoisotopic (exact) mass is 443 g/mol. The van der Waals surface area contributed by atoms with Gasteiger partial charge in [0, 0.05) is 26.2 Å². The number of hydrogen-bond donors (Lipinski definition) is 3. The third-order valence-corrected chi connectivity index (χ3v) is 4.80. The van der Waals surface area contributed by atoms with Gasteiger partial charge in [0.2, 0.25) is 5.89 Å². The van der Waals surface area contributed by atoms with E-state index in [1.807, 2.05) is 0 Å². The summed E-state index contributed by atoms with van der Waals surface area (Å²) in [6, 6.07) is 6.83. The Morgan fingerprint density at radius 3 is 2.44 bits per heavy atom. The highest BCUT2D eigenvalue weighted by atomic mass is 19.1. The van der Waals surface area contributed by atoms with Crippen molar-refractivity contribution in [2.24, 2.45) is 7.05 Å². The SMILES string of the molecule is Cc1nnc(C(=O)NC(C)(C)c2cc(C(=O)NCc3ccc(F)cc3)c(O)c(=O)n2C)o1. The van der Waals surface area contributed by atoms with Crippen molar-refractivity contribution in [3.8, 4) is 5.75 Å². The molecule has 3 rings (SSSR count). The number of nitrogens with one attached hydrogen (secondary N) is 2. The number of aromatic hydroxyl groups is 1. The number of aryl methyl sites for hydroxylation is 1. The normalized spacial score (nSPS) is 11.3. The van der Waals surface area contributed by atoms with Crippen molar-refractivity contribution in [3.63, 3.8) is 0 Å². The summed E-state index contributed by atoms with van der Waals surface area (Å²) in [6.07, 6.45) is 0. The van der Waals surface area contributed by atoms with Gasteiger partial charge in [0.05, 0.1) is 11.1 Å². The van der Waals surface area contributed by atoms with Crippen LogP contribution in [0.3, 0.4) is 0 Å². The van der Waals surface area contributed by atoms with E-state index in [-0.39, 0.29) is 29.6 Å². The fourth-order valence-electron chi connectivity index (χ4n) is 3.13. The number of carbonyl (C=O) groups excluding carboxylic acids is 2. The van der Waals surface area contributed by atoms with Crippen LogP contribution in [-0.4, -0.2) is 31.7 Å². The van der Waals surface area contributed by atoms with Gasteiger partial charge in [-0.1, -0.05) is 12.1 Å². The van der Waals surface area contributed by atoms with Crippen molar-refractivity contribution in [1.82, 2.24) is 25.4 Å². The van der Waals surface area contributed by atoms with Crippen LogP contribution in [0.1, 0.15) is 52.0 Å². The van der Waals surface area contributed by atoms with Gasteiger partial charge in [-0.25, -0.2) is 4.39 Å². The lowest BCUT2D eigenvalue weighted by atomic mass is 9.97. The first-order valence-corrected chi connectivity index (χ1v) is 9.58. The first-order valence-electron chi connectivity index (χ1n) is 9.58. The molecular formula is C21H22FN5O5. The molecule has 0 atom stereocenters. The third kappa shape index (κ3) is 4.66. The molecule has 32 heavy (non-hydrogen) atoms. The summed E-state index contributed by atoms with van der Waals surface area (Å²) in [7, 11) is 1.41. The number of pyridine rings is 1. The minimum Gasteiger partial charge on any atom is -0.502 e. The van der Waals surface area contributed by atoms with Crippen LogP contribution in [0.15, 0.2) is 39.5 Å². The fraction of sp³-hybridized carbons (Fsp3) is 0.286. The molecule has 2 aromatic heterocycles. The van der Waals surface area contributed by atoms with Crippen molar-refractivity contribution >= 4 is 11.8 Å². The van der Waals surface area contributed by atoms with Gasteiger partial charge in [0.15, 0.2) is 5.75 Å². The number of rotatable bonds is 6.